The molecule has 0 spiro atoms. The topological polar surface area (TPSA) is 75.7 Å². The third-order valence-corrected chi connectivity index (χ3v) is 5.61. The summed E-state index contributed by atoms with van der Waals surface area (Å²) in [6, 6.07) is 1.60. The minimum Gasteiger partial charge on any atom is -0.340 e. The summed E-state index contributed by atoms with van der Waals surface area (Å²) in [4.78, 5) is 34.0. The molecule has 4 rings (SSSR count). The first-order valence-corrected chi connectivity index (χ1v) is 9.90. The fourth-order valence-corrected chi connectivity index (χ4v) is 4.10. The van der Waals surface area contributed by atoms with E-state index in [1.54, 1.807) is 21.3 Å². The van der Waals surface area contributed by atoms with Gasteiger partial charge in [0, 0.05) is 70.0 Å². The fourth-order valence-electron chi connectivity index (χ4n) is 3.36. The van der Waals surface area contributed by atoms with Gasteiger partial charge in [-0.25, -0.2) is 4.98 Å². The SMILES string of the molecule is Cn1cc(CCC(=O)N2CCN(Cc3cc(=O)n4ccsc4n3)CC2)cn1. The van der Waals surface area contributed by atoms with Crippen molar-refractivity contribution in [2.75, 3.05) is 26.2 Å². The van der Waals surface area contributed by atoms with Crippen molar-refractivity contribution in [3.8, 4) is 0 Å². The van der Waals surface area contributed by atoms with Crippen LogP contribution >= 0.6 is 11.3 Å². The summed E-state index contributed by atoms with van der Waals surface area (Å²) in [6.45, 7) is 3.66. The number of carbonyl (C=O) groups excluding carboxylic acids is 1. The summed E-state index contributed by atoms with van der Waals surface area (Å²) >= 11 is 1.46. The van der Waals surface area contributed by atoms with Crippen LogP contribution in [0.3, 0.4) is 0 Å². The van der Waals surface area contributed by atoms with E-state index in [-0.39, 0.29) is 11.5 Å². The minimum atomic E-state index is -0.0412. The molecule has 1 saturated heterocycles. The number of amides is 1. The number of aromatic nitrogens is 4. The van der Waals surface area contributed by atoms with Gasteiger partial charge in [-0.05, 0) is 12.0 Å². The molecule has 27 heavy (non-hydrogen) atoms. The first-order valence-electron chi connectivity index (χ1n) is 9.02. The van der Waals surface area contributed by atoms with Crippen molar-refractivity contribution in [2.45, 2.75) is 19.4 Å². The van der Waals surface area contributed by atoms with Crippen LogP contribution in [-0.2, 0) is 24.8 Å². The van der Waals surface area contributed by atoms with E-state index < -0.39 is 0 Å². The second kappa shape index (κ2) is 7.61. The zero-order valence-electron chi connectivity index (χ0n) is 15.2. The third-order valence-electron chi connectivity index (χ3n) is 4.85. The summed E-state index contributed by atoms with van der Waals surface area (Å²) in [5.74, 6) is 0.190. The smallest absolute Gasteiger partial charge is 0.258 e. The molecule has 1 aliphatic rings. The molecule has 142 valence electrons. The quantitative estimate of drug-likeness (QED) is 0.647. The predicted octanol–water partition coefficient (Wildman–Crippen LogP) is 0.767. The van der Waals surface area contributed by atoms with Crippen LogP contribution in [-0.4, -0.2) is 61.1 Å². The summed E-state index contributed by atoms with van der Waals surface area (Å²) in [7, 11) is 1.88. The Balaban J connectivity index is 1.29. The normalized spacial score (nSPS) is 15.5. The molecule has 0 aliphatic carbocycles. The Bertz CT molecular complexity index is 999. The zero-order valence-corrected chi connectivity index (χ0v) is 16.1. The second-order valence-corrected chi connectivity index (χ2v) is 7.69. The highest BCUT2D eigenvalue weighted by atomic mass is 32.1. The number of carbonyl (C=O) groups is 1. The van der Waals surface area contributed by atoms with Gasteiger partial charge >= 0.3 is 0 Å². The molecule has 1 fully saturated rings. The van der Waals surface area contributed by atoms with Gasteiger partial charge in [-0.3, -0.25) is 23.6 Å². The van der Waals surface area contributed by atoms with Crippen molar-refractivity contribution in [3.05, 3.63) is 51.6 Å². The largest absolute Gasteiger partial charge is 0.340 e. The van der Waals surface area contributed by atoms with Gasteiger partial charge in [0.15, 0.2) is 4.96 Å². The van der Waals surface area contributed by atoms with E-state index >= 15 is 0 Å². The number of fused-ring (bicyclic) bond motifs is 1. The molecular weight excluding hydrogens is 364 g/mol. The highest BCUT2D eigenvalue weighted by Crippen LogP contribution is 2.11. The highest BCUT2D eigenvalue weighted by molar-refractivity contribution is 7.15. The average Bonchev–Trinajstić information content (AvgIpc) is 3.29. The Labute approximate surface area is 160 Å². The first kappa shape index (κ1) is 17.9. The standard InChI is InChI=1S/C18H22N6O2S/c1-21-12-14(11-19-21)2-3-16(25)23-6-4-22(5-7-23)13-15-10-17(26)24-8-9-27-18(24)20-15/h8-12H,2-7,13H2,1H3. The molecule has 1 aliphatic heterocycles. The molecule has 0 N–H and O–H groups in total. The van der Waals surface area contributed by atoms with Gasteiger partial charge in [-0.1, -0.05) is 0 Å². The summed E-state index contributed by atoms with van der Waals surface area (Å²) in [5.41, 5.74) is 1.84. The number of hydrogen-bond donors (Lipinski definition) is 0. The lowest BCUT2D eigenvalue weighted by atomic mass is 10.1. The maximum Gasteiger partial charge on any atom is 0.258 e. The van der Waals surface area contributed by atoms with E-state index in [1.807, 2.05) is 29.7 Å². The van der Waals surface area contributed by atoms with Crippen molar-refractivity contribution >= 4 is 22.2 Å². The monoisotopic (exact) mass is 386 g/mol. The molecule has 0 saturated carbocycles. The molecule has 9 heteroatoms. The number of hydrogen-bond acceptors (Lipinski definition) is 6. The number of thiazole rings is 1. The molecule has 0 radical (unpaired) electrons. The van der Waals surface area contributed by atoms with Crippen molar-refractivity contribution in [1.82, 2.24) is 29.0 Å². The van der Waals surface area contributed by atoms with Crippen LogP contribution in [0.5, 0.6) is 0 Å². The molecule has 4 heterocycles. The van der Waals surface area contributed by atoms with Gasteiger partial charge in [-0.2, -0.15) is 5.10 Å². The van der Waals surface area contributed by atoms with Gasteiger partial charge in [0.2, 0.25) is 5.91 Å². The van der Waals surface area contributed by atoms with Crippen LogP contribution in [0.4, 0.5) is 0 Å². The van der Waals surface area contributed by atoms with E-state index in [0.29, 0.717) is 26.1 Å². The highest BCUT2D eigenvalue weighted by Gasteiger charge is 2.21. The minimum absolute atomic E-state index is 0.0412. The van der Waals surface area contributed by atoms with Gasteiger partial charge in [-0.15, -0.1) is 11.3 Å². The molecule has 0 unspecified atom stereocenters. The maximum absolute atomic E-state index is 12.4. The Morgan fingerprint density at radius 2 is 2.07 bits per heavy atom. The average molecular weight is 386 g/mol. The van der Waals surface area contributed by atoms with Crippen molar-refractivity contribution in [3.63, 3.8) is 0 Å². The van der Waals surface area contributed by atoms with Gasteiger partial charge < -0.3 is 4.90 Å². The molecule has 8 nitrogen and oxygen atoms in total. The summed E-state index contributed by atoms with van der Waals surface area (Å²) < 4.78 is 3.32. The summed E-state index contributed by atoms with van der Waals surface area (Å²) in [5, 5.41) is 6.00. The van der Waals surface area contributed by atoms with E-state index in [2.05, 4.69) is 15.0 Å². The summed E-state index contributed by atoms with van der Waals surface area (Å²) in [6.07, 6.45) is 6.74. The van der Waals surface area contributed by atoms with Gasteiger partial charge in [0.1, 0.15) is 0 Å². The van der Waals surface area contributed by atoms with Crippen molar-refractivity contribution in [2.24, 2.45) is 7.05 Å². The van der Waals surface area contributed by atoms with Crippen LogP contribution in [0.15, 0.2) is 34.8 Å². The van der Waals surface area contributed by atoms with Crippen molar-refractivity contribution in [1.29, 1.82) is 0 Å². The Morgan fingerprint density at radius 3 is 2.81 bits per heavy atom. The van der Waals surface area contributed by atoms with Crippen LogP contribution in [0.1, 0.15) is 17.7 Å². The Morgan fingerprint density at radius 1 is 1.26 bits per heavy atom. The van der Waals surface area contributed by atoms with Crippen LogP contribution < -0.4 is 5.56 Å². The number of piperazine rings is 1. The lowest BCUT2D eigenvalue weighted by Crippen LogP contribution is -2.48. The first-order chi connectivity index (χ1) is 13.1. The molecule has 0 bridgehead atoms. The maximum atomic E-state index is 12.4. The van der Waals surface area contributed by atoms with Crippen LogP contribution in [0.25, 0.3) is 4.96 Å². The zero-order chi connectivity index (χ0) is 18.8. The lowest BCUT2D eigenvalue weighted by molar-refractivity contribution is -0.133. The second-order valence-electron chi connectivity index (χ2n) is 6.82. The number of nitrogens with zero attached hydrogens (tertiary/aromatic N) is 6. The molecule has 0 atom stereocenters. The van der Waals surface area contributed by atoms with Crippen LogP contribution in [0.2, 0.25) is 0 Å². The number of rotatable bonds is 5. The van der Waals surface area contributed by atoms with E-state index in [0.717, 1.165) is 35.7 Å². The molecule has 0 aromatic carbocycles. The Hall–Kier alpha value is -2.52. The molecule has 1 amide bonds. The predicted molar refractivity (Wildman–Crippen MR) is 103 cm³/mol. The van der Waals surface area contributed by atoms with E-state index in [4.69, 9.17) is 0 Å². The van der Waals surface area contributed by atoms with E-state index in [9.17, 15) is 9.59 Å². The van der Waals surface area contributed by atoms with E-state index in [1.165, 1.54) is 11.3 Å². The van der Waals surface area contributed by atoms with Gasteiger partial charge in [0.05, 0.1) is 11.9 Å². The Kier molecular flexibility index (Phi) is 5.04. The molecule has 3 aromatic heterocycles. The van der Waals surface area contributed by atoms with Crippen LogP contribution in [0, 0.1) is 0 Å². The number of aryl methyl sites for hydroxylation is 2. The third kappa shape index (κ3) is 4.09. The molecular formula is C18H22N6O2S. The lowest BCUT2D eigenvalue weighted by Gasteiger charge is -2.34. The van der Waals surface area contributed by atoms with Gasteiger partial charge in [0.25, 0.3) is 5.56 Å². The van der Waals surface area contributed by atoms with Crippen molar-refractivity contribution < 1.29 is 4.79 Å². The fraction of sp³-hybridized carbons (Fsp3) is 0.444. The molecule has 3 aromatic rings.